The maximum Gasteiger partial charge on any atom is 0.410 e. The van der Waals surface area contributed by atoms with Crippen LogP contribution < -0.4 is 4.74 Å². The number of likely N-dealkylation sites (tertiary alicyclic amines) is 1. The van der Waals surface area contributed by atoms with Gasteiger partial charge < -0.3 is 19.3 Å². The van der Waals surface area contributed by atoms with Gasteiger partial charge in [0, 0.05) is 31.6 Å². The molecule has 42 heavy (non-hydrogen) atoms. The Morgan fingerprint density at radius 1 is 0.929 bits per heavy atom. The zero-order valence-corrected chi connectivity index (χ0v) is 26.3. The molecule has 0 aromatic heterocycles. The molecule has 1 saturated heterocycles. The first-order valence-electron chi connectivity index (χ1n) is 15.3. The van der Waals surface area contributed by atoms with Crippen molar-refractivity contribution in [3.8, 4) is 5.75 Å². The molecule has 0 atom stereocenters. The van der Waals surface area contributed by atoms with E-state index in [-0.39, 0.29) is 17.4 Å². The minimum absolute atomic E-state index is 0.120. The Morgan fingerprint density at radius 2 is 1.60 bits per heavy atom. The number of hydrogen-bond acceptors (Lipinski definition) is 4. The lowest BCUT2D eigenvalue weighted by atomic mass is 9.71. The Kier molecular flexibility index (Phi) is 9.85. The van der Waals surface area contributed by atoms with E-state index in [0.29, 0.717) is 26.2 Å². The summed E-state index contributed by atoms with van der Waals surface area (Å²) >= 11 is 0. The van der Waals surface area contributed by atoms with E-state index in [1.54, 1.807) is 7.11 Å². The van der Waals surface area contributed by atoms with E-state index in [1.165, 1.54) is 11.1 Å². The third-order valence-electron chi connectivity index (χ3n) is 8.63. The van der Waals surface area contributed by atoms with Crippen molar-refractivity contribution in [2.45, 2.75) is 83.2 Å². The highest BCUT2D eigenvalue weighted by Crippen LogP contribution is 2.39. The van der Waals surface area contributed by atoms with Crippen LogP contribution in [0.2, 0.25) is 0 Å². The molecule has 0 bridgehead atoms. The number of nitrogens with zero attached hydrogens (tertiary/aromatic N) is 2. The lowest BCUT2D eigenvalue weighted by Crippen LogP contribution is -2.54. The summed E-state index contributed by atoms with van der Waals surface area (Å²) < 4.78 is 11.2. The largest absolute Gasteiger partial charge is 0.497 e. The third kappa shape index (κ3) is 7.64. The van der Waals surface area contributed by atoms with Crippen LogP contribution in [0.1, 0.15) is 77.8 Å². The summed E-state index contributed by atoms with van der Waals surface area (Å²) in [6.45, 7) is 12.1. The highest BCUT2D eigenvalue weighted by atomic mass is 16.6. The lowest BCUT2D eigenvalue weighted by Gasteiger charge is -2.46. The molecule has 0 N–H and O–H groups in total. The number of piperidine rings is 1. The fourth-order valence-electron chi connectivity index (χ4n) is 6.04. The molecule has 1 aliphatic carbocycles. The number of rotatable bonds is 9. The van der Waals surface area contributed by atoms with Gasteiger partial charge in [-0.25, -0.2) is 4.79 Å². The Morgan fingerprint density at radius 3 is 2.17 bits per heavy atom. The number of amides is 2. The van der Waals surface area contributed by atoms with Crippen LogP contribution in [0, 0.1) is 0 Å². The predicted octanol–water partition coefficient (Wildman–Crippen LogP) is 7.44. The molecule has 6 heteroatoms. The van der Waals surface area contributed by atoms with Crippen molar-refractivity contribution >= 4 is 12.0 Å². The van der Waals surface area contributed by atoms with Crippen molar-refractivity contribution in [3.05, 3.63) is 89.5 Å². The number of allylic oxidation sites excluding steroid dienone is 3. The SMILES string of the molecule is COc1ccc(C(C)(C)C(=O)N2CCC(CN(CCC3=CCCC=C3)C(=O)OC(C)(C)C)(c3ccccc3)CC2)cc1. The average molecular weight is 573 g/mol. The second-order valence-corrected chi connectivity index (χ2v) is 13.2. The Hall–Kier alpha value is -3.54. The van der Waals surface area contributed by atoms with Crippen LogP contribution in [0.25, 0.3) is 0 Å². The van der Waals surface area contributed by atoms with Crippen LogP contribution in [-0.4, -0.2) is 60.7 Å². The normalized spacial score (nSPS) is 16.9. The number of carbonyl (C=O) groups excluding carboxylic acids is 2. The third-order valence-corrected chi connectivity index (χ3v) is 8.63. The summed E-state index contributed by atoms with van der Waals surface area (Å²) in [7, 11) is 1.65. The Balaban J connectivity index is 1.56. The average Bonchev–Trinajstić information content (AvgIpc) is 2.99. The second kappa shape index (κ2) is 13.2. The number of hydrogen-bond donors (Lipinski definition) is 0. The molecule has 2 amide bonds. The van der Waals surface area contributed by atoms with Gasteiger partial charge in [-0.3, -0.25) is 4.79 Å². The molecule has 0 spiro atoms. The van der Waals surface area contributed by atoms with Crippen molar-refractivity contribution in [1.82, 2.24) is 9.80 Å². The number of ether oxygens (including phenoxy) is 2. The summed E-state index contributed by atoms with van der Waals surface area (Å²) in [5, 5.41) is 0. The molecule has 2 aromatic rings. The van der Waals surface area contributed by atoms with E-state index >= 15 is 0 Å². The molecule has 1 heterocycles. The van der Waals surface area contributed by atoms with Crippen molar-refractivity contribution in [1.29, 1.82) is 0 Å². The Bertz CT molecular complexity index is 1260. The van der Waals surface area contributed by atoms with Gasteiger partial charge in [-0.2, -0.15) is 0 Å². The molecular formula is C36H48N2O4. The fraction of sp³-hybridized carbons (Fsp3) is 0.500. The van der Waals surface area contributed by atoms with Crippen molar-refractivity contribution in [2.75, 3.05) is 33.3 Å². The summed E-state index contributed by atoms with van der Waals surface area (Å²) in [4.78, 5) is 31.4. The maximum absolute atomic E-state index is 13.9. The first-order chi connectivity index (χ1) is 19.9. The first-order valence-corrected chi connectivity index (χ1v) is 15.3. The minimum Gasteiger partial charge on any atom is -0.497 e. The number of methoxy groups -OCH3 is 1. The highest BCUT2D eigenvalue weighted by Gasteiger charge is 2.43. The van der Waals surface area contributed by atoms with Crippen LogP contribution in [-0.2, 0) is 20.4 Å². The molecule has 0 radical (unpaired) electrons. The molecule has 6 nitrogen and oxygen atoms in total. The van der Waals surface area contributed by atoms with Gasteiger partial charge in [-0.15, -0.1) is 0 Å². The van der Waals surface area contributed by atoms with Crippen LogP contribution in [0.3, 0.4) is 0 Å². The summed E-state index contributed by atoms with van der Waals surface area (Å²) in [6.07, 6.45) is 10.8. The lowest BCUT2D eigenvalue weighted by molar-refractivity contribution is -0.138. The van der Waals surface area contributed by atoms with E-state index in [2.05, 4.69) is 42.5 Å². The monoisotopic (exact) mass is 572 g/mol. The molecule has 0 saturated carbocycles. The van der Waals surface area contributed by atoms with Crippen molar-refractivity contribution in [3.63, 3.8) is 0 Å². The zero-order chi connectivity index (χ0) is 30.4. The van der Waals surface area contributed by atoms with Crippen LogP contribution >= 0.6 is 0 Å². The quantitative estimate of drug-likeness (QED) is 0.313. The fourth-order valence-corrected chi connectivity index (χ4v) is 6.04. The van der Waals surface area contributed by atoms with Gasteiger partial charge >= 0.3 is 6.09 Å². The topological polar surface area (TPSA) is 59.1 Å². The van der Waals surface area contributed by atoms with Crippen molar-refractivity contribution in [2.24, 2.45) is 0 Å². The molecular weight excluding hydrogens is 524 g/mol. The van der Waals surface area contributed by atoms with Crippen molar-refractivity contribution < 1.29 is 19.1 Å². The van der Waals surface area contributed by atoms with Crippen LogP contribution in [0.4, 0.5) is 4.79 Å². The smallest absolute Gasteiger partial charge is 0.410 e. The number of carbonyl (C=O) groups is 2. The van der Waals surface area contributed by atoms with Crippen LogP contribution in [0.5, 0.6) is 5.75 Å². The summed E-state index contributed by atoms with van der Waals surface area (Å²) in [6, 6.07) is 18.3. The molecule has 2 aromatic carbocycles. The zero-order valence-electron chi connectivity index (χ0n) is 26.3. The Labute approximate surface area is 252 Å². The predicted molar refractivity (Wildman–Crippen MR) is 169 cm³/mol. The van der Waals surface area contributed by atoms with Gasteiger partial charge in [-0.1, -0.05) is 66.3 Å². The van der Waals surface area contributed by atoms with Crippen LogP contribution in [0.15, 0.2) is 78.4 Å². The molecule has 226 valence electrons. The van der Waals surface area contributed by atoms with E-state index in [9.17, 15) is 9.59 Å². The van der Waals surface area contributed by atoms with E-state index in [1.807, 2.05) is 74.8 Å². The molecule has 2 aliphatic rings. The highest BCUT2D eigenvalue weighted by molar-refractivity contribution is 5.87. The van der Waals surface area contributed by atoms with E-state index in [0.717, 1.165) is 43.4 Å². The van der Waals surface area contributed by atoms with Gasteiger partial charge in [0.05, 0.1) is 12.5 Å². The standard InChI is InChI=1S/C36H48N2O4/c1-34(2,3)42-33(40)38(24-21-28-13-9-7-10-14-28)27-36(30-15-11-8-12-16-30)22-25-37(26-23-36)32(39)35(4,5)29-17-19-31(41-6)20-18-29/h8-9,11-20H,7,10,21-27H2,1-6H3. The molecule has 1 fully saturated rings. The van der Waals surface area contributed by atoms with Gasteiger partial charge in [0.2, 0.25) is 5.91 Å². The molecule has 1 aliphatic heterocycles. The minimum atomic E-state index is -0.664. The second-order valence-electron chi connectivity index (χ2n) is 13.2. The first kappa shape index (κ1) is 31.4. The maximum atomic E-state index is 13.9. The molecule has 4 rings (SSSR count). The van der Waals surface area contributed by atoms with E-state index in [4.69, 9.17) is 9.47 Å². The van der Waals surface area contributed by atoms with Gasteiger partial charge in [0.25, 0.3) is 0 Å². The summed E-state index contributed by atoms with van der Waals surface area (Å²) in [5.41, 5.74) is 1.91. The van der Waals surface area contributed by atoms with E-state index < -0.39 is 11.0 Å². The number of benzene rings is 2. The van der Waals surface area contributed by atoms with Gasteiger partial charge in [-0.05, 0) is 90.0 Å². The molecule has 0 unspecified atom stereocenters. The van der Waals surface area contributed by atoms with Gasteiger partial charge in [0.1, 0.15) is 11.4 Å². The summed E-state index contributed by atoms with van der Waals surface area (Å²) in [5.74, 6) is 0.896. The van der Waals surface area contributed by atoms with Gasteiger partial charge in [0.15, 0.2) is 0 Å².